The molecule has 1 aliphatic heterocycles. The number of hydrogen-bond acceptors (Lipinski definition) is 3. The summed E-state index contributed by atoms with van der Waals surface area (Å²) in [5.74, 6) is 1.52. The number of benzene rings is 1. The highest BCUT2D eigenvalue weighted by Gasteiger charge is 2.16. The van der Waals surface area contributed by atoms with E-state index >= 15 is 0 Å². The Hall–Kier alpha value is -1.38. The zero-order valence-electron chi connectivity index (χ0n) is 6.91. The van der Waals surface area contributed by atoms with E-state index in [4.69, 9.17) is 15.2 Å². The molecule has 0 saturated carbocycles. The first-order valence-corrected chi connectivity index (χ1v) is 3.94. The van der Waals surface area contributed by atoms with Crippen molar-refractivity contribution in [3.8, 4) is 11.5 Å². The summed E-state index contributed by atoms with van der Waals surface area (Å²) in [6.45, 7) is 2.57. The number of anilines is 1. The normalized spacial score (nSPS) is 20.6. The first kappa shape index (κ1) is 7.28. The van der Waals surface area contributed by atoms with Gasteiger partial charge in [0.2, 0.25) is 0 Å². The highest BCUT2D eigenvalue weighted by Crippen LogP contribution is 2.32. The van der Waals surface area contributed by atoms with Crippen molar-refractivity contribution in [2.45, 2.75) is 13.0 Å². The van der Waals surface area contributed by atoms with Crippen molar-refractivity contribution in [1.82, 2.24) is 0 Å². The molecule has 1 aromatic rings. The lowest BCUT2D eigenvalue weighted by Gasteiger charge is -2.23. The lowest BCUT2D eigenvalue weighted by molar-refractivity contribution is 0.104. The summed E-state index contributed by atoms with van der Waals surface area (Å²) >= 11 is 0. The molecule has 1 unspecified atom stereocenters. The number of fused-ring (bicyclic) bond motifs is 1. The van der Waals surface area contributed by atoms with Crippen molar-refractivity contribution in [2.75, 3.05) is 12.3 Å². The van der Waals surface area contributed by atoms with Crippen LogP contribution in [-0.2, 0) is 0 Å². The Morgan fingerprint density at radius 3 is 3.08 bits per heavy atom. The van der Waals surface area contributed by atoms with E-state index in [2.05, 4.69) is 0 Å². The van der Waals surface area contributed by atoms with Gasteiger partial charge < -0.3 is 15.2 Å². The van der Waals surface area contributed by atoms with Gasteiger partial charge in [0.25, 0.3) is 0 Å². The highest BCUT2D eigenvalue weighted by molar-refractivity contribution is 5.52. The van der Waals surface area contributed by atoms with E-state index in [0.29, 0.717) is 12.3 Å². The summed E-state index contributed by atoms with van der Waals surface area (Å²) < 4.78 is 10.9. The van der Waals surface area contributed by atoms with Crippen LogP contribution in [0.2, 0.25) is 0 Å². The molecule has 0 radical (unpaired) electrons. The van der Waals surface area contributed by atoms with Crippen LogP contribution in [-0.4, -0.2) is 12.7 Å². The van der Waals surface area contributed by atoms with Crippen LogP contribution < -0.4 is 15.2 Å². The number of rotatable bonds is 0. The molecule has 2 N–H and O–H groups in total. The molecule has 1 heterocycles. The SMILES string of the molecule is CC1COc2cc(N)ccc2O1. The largest absolute Gasteiger partial charge is 0.486 e. The van der Waals surface area contributed by atoms with Crippen molar-refractivity contribution in [3.05, 3.63) is 18.2 Å². The molecule has 0 amide bonds. The topological polar surface area (TPSA) is 44.5 Å². The molecule has 0 bridgehead atoms. The average molecular weight is 165 g/mol. The molecular weight excluding hydrogens is 154 g/mol. The van der Waals surface area contributed by atoms with Crippen LogP contribution in [0, 0.1) is 0 Å². The quantitative estimate of drug-likeness (QED) is 0.591. The van der Waals surface area contributed by atoms with Crippen molar-refractivity contribution in [3.63, 3.8) is 0 Å². The molecule has 0 aromatic heterocycles. The van der Waals surface area contributed by atoms with Gasteiger partial charge in [0.15, 0.2) is 11.5 Å². The van der Waals surface area contributed by atoms with Crippen molar-refractivity contribution in [1.29, 1.82) is 0 Å². The lowest BCUT2D eigenvalue weighted by Crippen LogP contribution is -2.25. The Labute approximate surface area is 71.1 Å². The van der Waals surface area contributed by atoms with E-state index < -0.39 is 0 Å². The molecule has 1 atom stereocenters. The fourth-order valence-corrected chi connectivity index (χ4v) is 1.19. The van der Waals surface area contributed by atoms with E-state index in [1.165, 1.54) is 0 Å². The Balaban J connectivity index is 2.37. The molecular formula is C9H11NO2. The van der Waals surface area contributed by atoms with Crippen LogP contribution in [0.4, 0.5) is 5.69 Å². The van der Waals surface area contributed by atoms with Gasteiger partial charge >= 0.3 is 0 Å². The van der Waals surface area contributed by atoms with Crippen LogP contribution in [0.5, 0.6) is 11.5 Å². The van der Waals surface area contributed by atoms with Gasteiger partial charge in [0, 0.05) is 11.8 Å². The van der Waals surface area contributed by atoms with E-state index in [0.717, 1.165) is 11.5 Å². The summed E-state index contributed by atoms with van der Waals surface area (Å²) in [5, 5.41) is 0. The fraction of sp³-hybridized carbons (Fsp3) is 0.333. The Bertz CT molecular complexity index is 299. The number of nitrogens with two attached hydrogens (primary N) is 1. The average Bonchev–Trinajstić information content (AvgIpc) is 2.05. The predicted octanol–water partition coefficient (Wildman–Crippen LogP) is 1.43. The van der Waals surface area contributed by atoms with Gasteiger partial charge in [0.05, 0.1) is 0 Å². The number of hydrogen-bond donors (Lipinski definition) is 1. The van der Waals surface area contributed by atoms with Crippen LogP contribution in [0.25, 0.3) is 0 Å². The summed E-state index contributed by atoms with van der Waals surface area (Å²) in [7, 11) is 0. The molecule has 1 aliphatic rings. The second-order valence-electron chi connectivity index (χ2n) is 2.95. The van der Waals surface area contributed by atoms with Crippen LogP contribution in [0.3, 0.4) is 0 Å². The monoisotopic (exact) mass is 165 g/mol. The van der Waals surface area contributed by atoms with Gasteiger partial charge in [-0.05, 0) is 19.1 Å². The molecule has 0 fully saturated rings. The van der Waals surface area contributed by atoms with Gasteiger partial charge in [-0.25, -0.2) is 0 Å². The van der Waals surface area contributed by atoms with E-state index in [1.807, 2.05) is 13.0 Å². The Morgan fingerprint density at radius 1 is 1.42 bits per heavy atom. The van der Waals surface area contributed by atoms with Crippen molar-refractivity contribution >= 4 is 5.69 Å². The Morgan fingerprint density at radius 2 is 2.25 bits per heavy atom. The second-order valence-corrected chi connectivity index (χ2v) is 2.95. The first-order valence-electron chi connectivity index (χ1n) is 3.94. The van der Waals surface area contributed by atoms with Crippen molar-refractivity contribution in [2.24, 2.45) is 0 Å². The minimum absolute atomic E-state index is 0.126. The number of nitrogen functional groups attached to an aromatic ring is 1. The third kappa shape index (κ3) is 1.18. The standard InChI is InChI=1S/C9H11NO2/c1-6-5-11-9-4-7(10)2-3-8(9)12-6/h2-4,6H,5,10H2,1H3. The minimum Gasteiger partial charge on any atom is -0.486 e. The van der Waals surface area contributed by atoms with Gasteiger partial charge in [-0.1, -0.05) is 0 Å². The molecule has 0 saturated heterocycles. The van der Waals surface area contributed by atoms with Gasteiger partial charge in [-0.15, -0.1) is 0 Å². The van der Waals surface area contributed by atoms with E-state index in [-0.39, 0.29) is 6.10 Å². The van der Waals surface area contributed by atoms with Crippen LogP contribution in [0.15, 0.2) is 18.2 Å². The number of ether oxygens (including phenoxy) is 2. The van der Waals surface area contributed by atoms with Gasteiger partial charge in [0.1, 0.15) is 12.7 Å². The highest BCUT2D eigenvalue weighted by atomic mass is 16.6. The molecule has 1 aromatic carbocycles. The van der Waals surface area contributed by atoms with Crippen LogP contribution in [0.1, 0.15) is 6.92 Å². The maximum Gasteiger partial charge on any atom is 0.163 e. The van der Waals surface area contributed by atoms with Gasteiger partial charge in [-0.2, -0.15) is 0 Å². The molecule has 2 rings (SSSR count). The maximum absolute atomic E-state index is 5.58. The van der Waals surface area contributed by atoms with Gasteiger partial charge in [-0.3, -0.25) is 0 Å². The lowest BCUT2D eigenvalue weighted by atomic mass is 10.2. The second kappa shape index (κ2) is 2.59. The van der Waals surface area contributed by atoms with Crippen LogP contribution >= 0.6 is 0 Å². The summed E-state index contributed by atoms with van der Waals surface area (Å²) in [6, 6.07) is 5.42. The smallest absolute Gasteiger partial charge is 0.163 e. The Kier molecular flexibility index (Phi) is 1.57. The fourth-order valence-electron chi connectivity index (χ4n) is 1.19. The maximum atomic E-state index is 5.58. The third-order valence-electron chi connectivity index (χ3n) is 1.77. The zero-order chi connectivity index (χ0) is 8.55. The molecule has 12 heavy (non-hydrogen) atoms. The molecule has 64 valence electrons. The minimum atomic E-state index is 0.126. The van der Waals surface area contributed by atoms with E-state index in [1.54, 1.807) is 12.1 Å². The summed E-state index contributed by atoms with van der Waals surface area (Å²) in [6.07, 6.45) is 0.126. The predicted molar refractivity (Wildman–Crippen MR) is 46.4 cm³/mol. The molecule has 0 spiro atoms. The zero-order valence-corrected chi connectivity index (χ0v) is 6.91. The first-order chi connectivity index (χ1) is 5.75. The molecule has 0 aliphatic carbocycles. The molecule has 3 heteroatoms. The third-order valence-corrected chi connectivity index (χ3v) is 1.77. The summed E-state index contributed by atoms with van der Waals surface area (Å²) in [4.78, 5) is 0. The summed E-state index contributed by atoms with van der Waals surface area (Å²) in [5.41, 5.74) is 6.28. The van der Waals surface area contributed by atoms with Crippen molar-refractivity contribution < 1.29 is 9.47 Å². The molecule has 3 nitrogen and oxygen atoms in total. The van der Waals surface area contributed by atoms with E-state index in [9.17, 15) is 0 Å².